The summed E-state index contributed by atoms with van der Waals surface area (Å²) in [4.78, 5) is 0. The van der Waals surface area contributed by atoms with E-state index in [4.69, 9.17) is 9.05 Å². The van der Waals surface area contributed by atoms with E-state index in [1.807, 2.05) is 27.7 Å². The smallest absolute Gasteiger partial charge is 0.306 e. The Morgan fingerprint density at radius 1 is 1.07 bits per heavy atom. The van der Waals surface area contributed by atoms with Crippen molar-refractivity contribution in [3.63, 3.8) is 0 Å². The van der Waals surface area contributed by atoms with Crippen molar-refractivity contribution >= 4 is 23.5 Å². The molecule has 0 saturated heterocycles. The summed E-state index contributed by atoms with van der Waals surface area (Å²) in [6.45, 7) is 7.50. The van der Waals surface area contributed by atoms with Crippen LogP contribution in [0.1, 0.15) is 40.5 Å². The molecule has 0 rings (SSSR count). The van der Waals surface area contributed by atoms with Crippen LogP contribution in [0.3, 0.4) is 0 Å². The molecule has 5 heteroatoms. The molecule has 3 nitrogen and oxygen atoms in total. The molecule has 0 saturated carbocycles. The summed E-state index contributed by atoms with van der Waals surface area (Å²) in [5, 5.41) is 0.927. The van der Waals surface area contributed by atoms with Crippen LogP contribution in [0.2, 0.25) is 0 Å². The van der Waals surface area contributed by atoms with Crippen LogP contribution in [0.4, 0.5) is 0 Å². The maximum Gasteiger partial charge on any atom is 0.331 e. The van der Waals surface area contributed by atoms with Gasteiger partial charge in [-0.3, -0.25) is 4.57 Å². The third-order valence-electron chi connectivity index (χ3n) is 1.56. The van der Waals surface area contributed by atoms with E-state index < -0.39 is 7.60 Å². The van der Waals surface area contributed by atoms with Gasteiger partial charge in [0.25, 0.3) is 0 Å². The molecular formula is C10H22BrO3P. The van der Waals surface area contributed by atoms with Crippen LogP contribution >= 0.6 is 23.5 Å². The highest BCUT2D eigenvalue weighted by molar-refractivity contribution is 9.09. The van der Waals surface area contributed by atoms with Crippen LogP contribution in [0.5, 0.6) is 0 Å². The van der Waals surface area contributed by atoms with Gasteiger partial charge in [-0.1, -0.05) is 15.9 Å². The van der Waals surface area contributed by atoms with E-state index in [0.29, 0.717) is 6.16 Å². The molecule has 0 spiro atoms. The lowest BCUT2D eigenvalue weighted by atomic mass is 10.4. The molecule has 0 atom stereocenters. The lowest BCUT2D eigenvalue weighted by molar-refractivity contribution is 0.142. The lowest BCUT2D eigenvalue weighted by Gasteiger charge is -2.22. The molecule has 0 N–H and O–H groups in total. The molecule has 0 amide bonds. The highest BCUT2D eigenvalue weighted by Gasteiger charge is 2.26. The first-order valence-electron chi connectivity index (χ1n) is 5.41. The summed E-state index contributed by atoms with van der Waals surface area (Å²) in [5.74, 6) is 0. The van der Waals surface area contributed by atoms with Gasteiger partial charge in [0.2, 0.25) is 0 Å². The first-order valence-corrected chi connectivity index (χ1v) is 8.26. The summed E-state index contributed by atoms with van der Waals surface area (Å²) in [6, 6.07) is 0. The first-order chi connectivity index (χ1) is 6.89. The zero-order valence-corrected chi connectivity index (χ0v) is 12.5. The van der Waals surface area contributed by atoms with Crippen molar-refractivity contribution in [1.29, 1.82) is 0 Å². The van der Waals surface area contributed by atoms with Crippen molar-refractivity contribution in [3.05, 3.63) is 0 Å². The number of hydrogen-bond donors (Lipinski definition) is 0. The molecule has 0 aliphatic carbocycles. The van der Waals surface area contributed by atoms with Crippen LogP contribution < -0.4 is 0 Å². The van der Waals surface area contributed by atoms with Gasteiger partial charge in [0.1, 0.15) is 0 Å². The molecule has 0 aromatic heterocycles. The molecule has 0 aliphatic heterocycles. The number of rotatable bonds is 8. The summed E-state index contributed by atoms with van der Waals surface area (Å²) in [6.07, 6.45) is 2.25. The minimum absolute atomic E-state index is 0.0569. The highest BCUT2D eigenvalue weighted by atomic mass is 79.9. The van der Waals surface area contributed by atoms with Gasteiger partial charge in [-0.05, 0) is 40.5 Å². The number of unbranched alkanes of at least 4 members (excludes halogenated alkanes) is 1. The molecule has 0 aromatic carbocycles. The van der Waals surface area contributed by atoms with Crippen molar-refractivity contribution in [2.75, 3.05) is 11.5 Å². The van der Waals surface area contributed by atoms with Crippen LogP contribution in [0.15, 0.2) is 0 Å². The van der Waals surface area contributed by atoms with Crippen LogP contribution in [0, 0.1) is 0 Å². The molecule has 0 fully saturated rings. The Balaban J connectivity index is 4.21. The predicted octanol–water partition coefficient (Wildman–Crippen LogP) is 4.20. The molecule has 0 unspecified atom stereocenters. The summed E-state index contributed by atoms with van der Waals surface area (Å²) in [7, 11) is -2.88. The van der Waals surface area contributed by atoms with Gasteiger partial charge in [0.15, 0.2) is 0 Å². The Hall–Kier alpha value is 0.630. The maximum absolute atomic E-state index is 12.2. The molecule has 0 aromatic rings. The maximum atomic E-state index is 12.2. The zero-order valence-electron chi connectivity index (χ0n) is 10.0. The van der Waals surface area contributed by atoms with Gasteiger partial charge in [-0.15, -0.1) is 0 Å². The number of halogens is 1. The molecule has 15 heavy (non-hydrogen) atoms. The first kappa shape index (κ1) is 15.6. The standard InChI is InChI=1S/C10H22BrO3P/c1-9(2)13-15(12,14-10(3)4)8-6-5-7-11/h9-10H,5-8H2,1-4H3. The minimum atomic E-state index is -2.88. The molecule has 92 valence electrons. The van der Waals surface area contributed by atoms with Crippen LogP contribution in [-0.2, 0) is 13.6 Å². The molecule has 0 aliphatic rings. The van der Waals surface area contributed by atoms with E-state index in [1.165, 1.54) is 0 Å². The summed E-state index contributed by atoms with van der Waals surface area (Å²) >= 11 is 3.35. The zero-order chi connectivity index (χ0) is 11.9. The van der Waals surface area contributed by atoms with Crippen molar-refractivity contribution in [2.45, 2.75) is 52.7 Å². The second kappa shape index (κ2) is 7.83. The highest BCUT2D eigenvalue weighted by Crippen LogP contribution is 2.51. The Morgan fingerprint density at radius 2 is 1.53 bits per heavy atom. The van der Waals surface area contributed by atoms with E-state index in [9.17, 15) is 4.57 Å². The third kappa shape index (κ3) is 8.44. The molecular weight excluding hydrogens is 279 g/mol. The van der Waals surface area contributed by atoms with Crippen LogP contribution in [-0.4, -0.2) is 23.7 Å². The van der Waals surface area contributed by atoms with E-state index in [0.717, 1.165) is 18.2 Å². The van der Waals surface area contributed by atoms with Gasteiger partial charge < -0.3 is 9.05 Å². The molecule has 0 bridgehead atoms. The fourth-order valence-electron chi connectivity index (χ4n) is 1.17. The number of alkyl halides is 1. The Bertz CT molecular complexity index is 193. The van der Waals surface area contributed by atoms with Crippen molar-refractivity contribution in [1.82, 2.24) is 0 Å². The van der Waals surface area contributed by atoms with Crippen molar-refractivity contribution in [3.8, 4) is 0 Å². The monoisotopic (exact) mass is 300 g/mol. The second-order valence-corrected chi connectivity index (χ2v) is 6.92. The fraction of sp³-hybridized carbons (Fsp3) is 1.00. The van der Waals surface area contributed by atoms with Gasteiger partial charge in [0, 0.05) is 5.33 Å². The summed E-state index contributed by atoms with van der Waals surface area (Å²) < 4.78 is 23.1. The van der Waals surface area contributed by atoms with E-state index >= 15 is 0 Å². The van der Waals surface area contributed by atoms with Gasteiger partial charge in [0.05, 0.1) is 18.4 Å². The van der Waals surface area contributed by atoms with Gasteiger partial charge in [-0.2, -0.15) is 0 Å². The van der Waals surface area contributed by atoms with Crippen LogP contribution in [0.25, 0.3) is 0 Å². The van der Waals surface area contributed by atoms with Gasteiger partial charge in [-0.25, -0.2) is 0 Å². The average Bonchev–Trinajstić information content (AvgIpc) is 2.00. The van der Waals surface area contributed by atoms with Gasteiger partial charge >= 0.3 is 7.60 Å². The lowest BCUT2D eigenvalue weighted by Crippen LogP contribution is -2.10. The number of hydrogen-bond acceptors (Lipinski definition) is 3. The molecule has 0 heterocycles. The molecule has 0 radical (unpaired) electrons. The largest absolute Gasteiger partial charge is 0.331 e. The Labute approximate surface area is 102 Å². The second-order valence-electron chi connectivity index (χ2n) is 4.04. The quantitative estimate of drug-likeness (QED) is 0.383. The third-order valence-corrected chi connectivity index (χ3v) is 4.47. The average molecular weight is 301 g/mol. The Kier molecular flexibility index (Phi) is 8.16. The van der Waals surface area contributed by atoms with E-state index in [1.54, 1.807) is 0 Å². The fourth-order valence-corrected chi connectivity index (χ4v) is 3.73. The minimum Gasteiger partial charge on any atom is -0.306 e. The van der Waals surface area contributed by atoms with Crippen molar-refractivity contribution < 1.29 is 13.6 Å². The van der Waals surface area contributed by atoms with E-state index in [-0.39, 0.29) is 12.2 Å². The SMILES string of the molecule is CC(C)OP(=O)(CCCCBr)OC(C)C. The summed E-state index contributed by atoms with van der Waals surface area (Å²) in [5.41, 5.74) is 0. The van der Waals surface area contributed by atoms with E-state index in [2.05, 4.69) is 15.9 Å². The van der Waals surface area contributed by atoms with Crippen molar-refractivity contribution in [2.24, 2.45) is 0 Å². The Morgan fingerprint density at radius 3 is 1.87 bits per heavy atom. The topological polar surface area (TPSA) is 35.5 Å². The normalized spacial score (nSPS) is 12.7. The predicted molar refractivity (Wildman–Crippen MR) is 67.9 cm³/mol.